The van der Waals surface area contributed by atoms with Crippen LogP contribution >= 0.6 is 0 Å². The van der Waals surface area contributed by atoms with Crippen LogP contribution in [0.15, 0.2) is 64.8 Å². The van der Waals surface area contributed by atoms with Crippen LogP contribution in [0, 0.1) is 6.92 Å². The van der Waals surface area contributed by atoms with Gasteiger partial charge in [0.25, 0.3) is 11.8 Å². The first kappa shape index (κ1) is 19.8. The molecule has 2 aromatic heterocycles. The first-order chi connectivity index (χ1) is 14.9. The molecule has 4 amide bonds. The van der Waals surface area contributed by atoms with Gasteiger partial charge in [-0.15, -0.1) is 0 Å². The van der Waals surface area contributed by atoms with Crippen molar-refractivity contribution < 1.29 is 28.7 Å². The number of rotatable bonds is 4. The molecule has 2 N–H and O–H groups in total. The summed E-state index contributed by atoms with van der Waals surface area (Å²) in [6.07, 6.45) is 4.05. The van der Waals surface area contributed by atoms with E-state index in [-0.39, 0.29) is 22.6 Å². The number of hydrogen-bond donors (Lipinski definition) is 2. The molecule has 1 saturated heterocycles. The number of pyridine rings is 1. The highest BCUT2D eigenvalue weighted by Gasteiger charge is 2.37. The van der Waals surface area contributed by atoms with Crippen LogP contribution in [0.5, 0.6) is 0 Å². The average Bonchev–Trinajstić information content (AvgIpc) is 3.20. The van der Waals surface area contributed by atoms with Gasteiger partial charge in [0.1, 0.15) is 17.1 Å². The van der Waals surface area contributed by atoms with Gasteiger partial charge in [0.15, 0.2) is 0 Å². The van der Waals surface area contributed by atoms with Crippen LogP contribution in [0.2, 0.25) is 0 Å². The van der Waals surface area contributed by atoms with E-state index >= 15 is 0 Å². The number of benzene rings is 1. The quantitative estimate of drug-likeness (QED) is 0.493. The Morgan fingerprint density at radius 1 is 1.13 bits per heavy atom. The number of nitrogens with one attached hydrogen (secondary N) is 1. The van der Waals surface area contributed by atoms with Crippen LogP contribution in [0.4, 0.5) is 10.5 Å². The maximum Gasteiger partial charge on any atom is 0.336 e. The molecule has 0 spiro atoms. The lowest BCUT2D eigenvalue weighted by molar-refractivity contribution is -0.122. The standard InChI is InChI=1S/C22H15N3O6/c1-12-15(5-2-6-16(12)21(28)29)18-8-7-14(31-18)10-17-19(26)24-22(30)25(20(17)27)13-4-3-9-23-11-13/h2-11H,1H3,(H,28,29)(H,24,26,30)/b17-10+. The molecule has 9 nitrogen and oxygen atoms in total. The van der Waals surface area contributed by atoms with Crippen LogP contribution in [-0.4, -0.2) is 33.9 Å². The molecule has 0 aliphatic carbocycles. The van der Waals surface area contributed by atoms with E-state index in [1.165, 1.54) is 30.6 Å². The summed E-state index contributed by atoms with van der Waals surface area (Å²) in [6, 6.07) is 10.1. The SMILES string of the molecule is Cc1c(C(=O)O)cccc1-c1ccc(/C=C2\C(=O)NC(=O)N(c3cccnc3)C2=O)o1. The third-order valence-electron chi connectivity index (χ3n) is 4.75. The number of anilines is 1. The molecule has 1 fully saturated rings. The van der Waals surface area contributed by atoms with E-state index in [0.717, 1.165) is 4.90 Å². The van der Waals surface area contributed by atoms with Crippen molar-refractivity contribution >= 4 is 35.6 Å². The number of urea groups is 1. The minimum absolute atomic E-state index is 0.140. The third-order valence-corrected chi connectivity index (χ3v) is 4.75. The molecule has 3 heterocycles. The number of aromatic carboxylic acids is 1. The summed E-state index contributed by atoms with van der Waals surface area (Å²) < 4.78 is 5.74. The Balaban J connectivity index is 1.69. The third kappa shape index (κ3) is 3.60. The van der Waals surface area contributed by atoms with Crippen molar-refractivity contribution in [3.05, 3.63) is 77.3 Å². The molecule has 1 aliphatic heterocycles. The van der Waals surface area contributed by atoms with Crippen LogP contribution in [0.3, 0.4) is 0 Å². The molecule has 0 atom stereocenters. The van der Waals surface area contributed by atoms with Gasteiger partial charge in [0.2, 0.25) is 0 Å². The van der Waals surface area contributed by atoms with Gasteiger partial charge in [-0.2, -0.15) is 0 Å². The first-order valence-electron chi connectivity index (χ1n) is 9.11. The number of furan rings is 1. The second-order valence-corrected chi connectivity index (χ2v) is 6.65. The Hall–Kier alpha value is -4.53. The Morgan fingerprint density at radius 2 is 1.94 bits per heavy atom. The number of carboxylic acid groups (broad SMARTS) is 1. The molecule has 4 rings (SSSR count). The van der Waals surface area contributed by atoms with Crippen molar-refractivity contribution in [3.8, 4) is 11.3 Å². The van der Waals surface area contributed by atoms with Gasteiger partial charge in [-0.25, -0.2) is 14.5 Å². The highest BCUT2D eigenvalue weighted by Crippen LogP contribution is 2.29. The molecule has 31 heavy (non-hydrogen) atoms. The smallest absolute Gasteiger partial charge is 0.336 e. The summed E-state index contributed by atoms with van der Waals surface area (Å²) in [5.74, 6) is -2.16. The highest BCUT2D eigenvalue weighted by molar-refractivity contribution is 6.39. The fraction of sp³-hybridized carbons (Fsp3) is 0.0455. The topological polar surface area (TPSA) is 130 Å². The predicted molar refractivity (Wildman–Crippen MR) is 109 cm³/mol. The molecule has 0 bridgehead atoms. The van der Waals surface area contributed by atoms with Crippen molar-refractivity contribution in [3.63, 3.8) is 0 Å². The van der Waals surface area contributed by atoms with Gasteiger partial charge < -0.3 is 9.52 Å². The molecular weight excluding hydrogens is 402 g/mol. The van der Waals surface area contributed by atoms with Gasteiger partial charge in [-0.3, -0.25) is 19.9 Å². The number of barbiturate groups is 1. The minimum Gasteiger partial charge on any atom is -0.478 e. The van der Waals surface area contributed by atoms with Crippen molar-refractivity contribution in [1.29, 1.82) is 0 Å². The Labute approximate surface area is 175 Å². The predicted octanol–water partition coefficient (Wildman–Crippen LogP) is 3.01. The zero-order valence-electron chi connectivity index (χ0n) is 16.2. The van der Waals surface area contributed by atoms with Crippen LogP contribution in [-0.2, 0) is 9.59 Å². The zero-order chi connectivity index (χ0) is 22.1. The van der Waals surface area contributed by atoms with Gasteiger partial charge in [0, 0.05) is 11.8 Å². The number of hydrogen-bond acceptors (Lipinski definition) is 6. The normalized spacial score (nSPS) is 15.3. The number of carbonyl (C=O) groups is 4. The summed E-state index contributed by atoms with van der Waals surface area (Å²) in [7, 11) is 0. The van der Waals surface area contributed by atoms with E-state index in [2.05, 4.69) is 10.3 Å². The highest BCUT2D eigenvalue weighted by atomic mass is 16.4. The second-order valence-electron chi connectivity index (χ2n) is 6.65. The van der Waals surface area contributed by atoms with Gasteiger partial charge in [0.05, 0.1) is 17.4 Å². The maximum absolute atomic E-state index is 12.8. The van der Waals surface area contributed by atoms with Crippen LogP contribution in [0.1, 0.15) is 21.7 Å². The number of carbonyl (C=O) groups excluding carboxylic acids is 3. The molecular formula is C22H15N3O6. The number of nitrogens with zero attached hydrogens (tertiary/aromatic N) is 2. The Kier molecular flexibility index (Phi) is 4.92. The van der Waals surface area contributed by atoms with E-state index in [9.17, 15) is 24.3 Å². The summed E-state index contributed by atoms with van der Waals surface area (Å²) in [5, 5.41) is 11.4. The van der Waals surface area contributed by atoms with E-state index in [1.807, 2.05) is 0 Å². The molecule has 0 saturated carbocycles. The van der Waals surface area contributed by atoms with Crippen LogP contribution in [0.25, 0.3) is 17.4 Å². The van der Waals surface area contributed by atoms with Gasteiger partial charge in [-0.1, -0.05) is 12.1 Å². The number of aromatic nitrogens is 1. The van der Waals surface area contributed by atoms with E-state index in [1.54, 1.807) is 37.3 Å². The molecule has 9 heteroatoms. The lowest BCUT2D eigenvalue weighted by atomic mass is 10.0. The van der Waals surface area contributed by atoms with E-state index in [0.29, 0.717) is 16.9 Å². The number of amides is 4. The summed E-state index contributed by atoms with van der Waals surface area (Å²) in [4.78, 5) is 53.3. The van der Waals surface area contributed by atoms with Crippen LogP contribution < -0.4 is 10.2 Å². The van der Waals surface area contributed by atoms with Gasteiger partial charge in [-0.05, 0) is 48.9 Å². The fourth-order valence-corrected chi connectivity index (χ4v) is 3.23. The monoisotopic (exact) mass is 417 g/mol. The summed E-state index contributed by atoms with van der Waals surface area (Å²) >= 11 is 0. The van der Waals surface area contributed by atoms with Crippen molar-refractivity contribution in [2.24, 2.45) is 0 Å². The zero-order valence-corrected chi connectivity index (χ0v) is 16.2. The van der Waals surface area contributed by atoms with Crippen molar-refractivity contribution in [1.82, 2.24) is 10.3 Å². The number of imide groups is 2. The average molecular weight is 417 g/mol. The molecule has 154 valence electrons. The maximum atomic E-state index is 12.8. The summed E-state index contributed by atoms with van der Waals surface area (Å²) in [6.45, 7) is 1.66. The minimum atomic E-state index is -1.06. The van der Waals surface area contributed by atoms with E-state index in [4.69, 9.17) is 4.42 Å². The second kappa shape index (κ2) is 7.71. The number of carboxylic acids is 1. The largest absolute Gasteiger partial charge is 0.478 e. The lowest BCUT2D eigenvalue weighted by Gasteiger charge is -2.25. The molecule has 0 radical (unpaired) electrons. The van der Waals surface area contributed by atoms with Crippen molar-refractivity contribution in [2.45, 2.75) is 6.92 Å². The first-order valence-corrected chi connectivity index (χ1v) is 9.11. The van der Waals surface area contributed by atoms with E-state index < -0.39 is 23.8 Å². The molecule has 1 aliphatic rings. The Bertz CT molecular complexity index is 1260. The van der Waals surface area contributed by atoms with Crippen molar-refractivity contribution in [2.75, 3.05) is 4.90 Å². The fourth-order valence-electron chi connectivity index (χ4n) is 3.23. The summed E-state index contributed by atoms with van der Waals surface area (Å²) in [5.41, 5.74) is 1.14. The lowest BCUT2D eigenvalue weighted by Crippen LogP contribution is -2.54. The molecule has 1 aromatic carbocycles. The molecule has 3 aromatic rings. The van der Waals surface area contributed by atoms with Gasteiger partial charge >= 0.3 is 12.0 Å². The molecule has 0 unspecified atom stereocenters. The Morgan fingerprint density at radius 3 is 2.65 bits per heavy atom.